The van der Waals surface area contributed by atoms with Crippen LogP contribution in [0, 0.1) is 19.8 Å². The summed E-state index contributed by atoms with van der Waals surface area (Å²) >= 11 is 0. The van der Waals surface area contributed by atoms with E-state index in [9.17, 15) is 5.11 Å². The summed E-state index contributed by atoms with van der Waals surface area (Å²) < 4.78 is 2.12. The Labute approximate surface area is 179 Å². The van der Waals surface area contributed by atoms with Gasteiger partial charge in [0.25, 0.3) is 0 Å². The molecule has 0 spiro atoms. The van der Waals surface area contributed by atoms with E-state index in [-0.39, 0.29) is 6.61 Å². The number of aliphatic hydroxyl groups is 1. The fourth-order valence-electron chi connectivity index (χ4n) is 5.81. The molecule has 2 saturated heterocycles. The highest BCUT2D eigenvalue weighted by molar-refractivity contribution is 5.38. The minimum atomic E-state index is 0.258. The van der Waals surface area contributed by atoms with Crippen molar-refractivity contribution in [2.24, 2.45) is 5.92 Å². The van der Waals surface area contributed by atoms with Crippen LogP contribution in [0.3, 0.4) is 0 Å². The summed E-state index contributed by atoms with van der Waals surface area (Å²) in [4.78, 5) is 14.8. The first kappa shape index (κ1) is 19.9. The fraction of sp³-hybridized carbons (Fsp3) is 0.696. The molecule has 3 aliphatic heterocycles. The van der Waals surface area contributed by atoms with E-state index < -0.39 is 0 Å². The van der Waals surface area contributed by atoms with Gasteiger partial charge in [0.05, 0.1) is 11.4 Å². The Morgan fingerprint density at radius 3 is 2.83 bits per heavy atom. The average Bonchev–Trinajstić information content (AvgIpc) is 3.21. The van der Waals surface area contributed by atoms with Crippen molar-refractivity contribution in [2.75, 3.05) is 24.6 Å². The zero-order chi connectivity index (χ0) is 20.8. The third-order valence-electron chi connectivity index (χ3n) is 7.55. The van der Waals surface area contributed by atoms with Crippen LogP contribution in [0.15, 0.2) is 6.20 Å². The number of rotatable bonds is 5. The molecule has 2 fully saturated rings. The predicted octanol–water partition coefficient (Wildman–Crippen LogP) is 2.78. The number of aliphatic hydroxyl groups excluding tert-OH is 1. The second-order valence-corrected chi connectivity index (χ2v) is 9.30. The maximum atomic E-state index is 9.55. The third kappa shape index (κ3) is 3.32. The lowest BCUT2D eigenvalue weighted by Crippen LogP contribution is -2.40. The highest BCUT2D eigenvalue weighted by Gasteiger charge is 2.41. The summed E-state index contributed by atoms with van der Waals surface area (Å²) in [5, 5.41) is 14.3. The summed E-state index contributed by atoms with van der Waals surface area (Å²) in [7, 11) is 0. The highest BCUT2D eigenvalue weighted by Crippen LogP contribution is 2.44. The Morgan fingerprint density at radius 1 is 1.20 bits per heavy atom. The van der Waals surface area contributed by atoms with Crippen LogP contribution < -0.4 is 4.90 Å². The molecule has 5 rings (SSSR count). The van der Waals surface area contributed by atoms with Crippen LogP contribution >= 0.6 is 0 Å². The summed E-state index contributed by atoms with van der Waals surface area (Å²) in [6.07, 6.45) is 7.73. The Hall–Kier alpha value is -1.99. The van der Waals surface area contributed by atoms with Gasteiger partial charge in [0.2, 0.25) is 5.95 Å². The van der Waals surface area contributed by atoms with Gasteiger partial charge < -0.3 is 10.0 Å². The Balaban J connectivity index is 1.38. The predicted molar refractivity (Wildman–Crippen MR) is 116 cm³/mol. The van der Waals surface area contributed by atoms with Gasteiger partial charge in [-0.3, -0.25) is 9.58 Å². The Kier molecular flexibility index (Phi) is 5.27. The number of anilines is 1. The first-order chi connectivity index (χ1) is 14.6. The number of hydrogen-bond acceptors (Lipinski definition) is 6. The van der Waals surface area contributed by atoms with E-state index in [1.807, 2.05) is 0 Å². The first-order valence-electron chi connectivity index (χ1n) is 11.6. The van der Waals surface area contributed by atoms with Crippen LogP contribution in [0.2, 0.25) is 0 Å². The van der Waals surface area contributed by atoms with Crippen LogP contribution in [0.4, 0.5) is 5.95 Å². The van der Waals surface area contributed by atoms with Gasteiger partial charge >= 0.3 is 0 Å². The maximum Gasteiger partial charge on any atom is 0.225 e. The molecule has 0 saturated carbocycles. The molecular formula is C23H34N6O. The summed E-state index contributed by atoms with van der Waals surface area (Å²) in [5.41, 5.74) is 6.41. The molecule has 7 heteroatoms. The van der Waals surface area contributed by atoms with Crippen LogP contribution in [0.25, 0.3) is 0 Å². The second kappa shape index (κ2) is 7.93. The highest BCUT2D eigenvalue weighted by atomic mass is 16.3. The van der Waals surface area contributed by atoms with Gasteiger partial charge in [-0.25, -0.2) is 9.97 Å². The molecule has 2 aromatic heterocycles. The number of aromatic nitrogens is 4. The molecule has 7 nitrogen and oxygen atoms in total. The van der Waals surface area contributed by atoms with E-state index in [0.717, 1.165) is 57.1 Å². The van der Waals surface area contributed by atoms with Crippen molar-refractivity contribution in [3.05, 3.63) is 34.4 Å². The molecule has 0 amide bonds. The van der Waals surface area contributed by atoms with Crippen LogP contribution in [0.1, 0.15) is 66.9 Å². The average molecular weight is 411 g/mol. The van der Waals surface area contributed by atoms with Crippen molar-refractivity contribution >= 4 is 5.95 Å². The molecule has 3 atom stereocenters. The lowest BCUT2D eigenvalue weighted by atomic mass is 9.97. The van der Waals surface area contributed by atoms with E-state index in [1.165, 1.54) is 35.4 Å². The number of nitrogens with zero attached hydrogens (tertiary/aromatic N) is 6. The number of hydrogen-bond donors (Lipinski definition) is 1. The van der Waals surface area contributed by atoms with Crippen molar-refractivity contribution in [3.8, 4) is 0 Å². The van der Waals surface area contributed by atoms with Crippen LogP contribution in [-0.4, -0.2) is 55.5 Å². The summed E-state index contributed by atoms with van der Waals surface area (Å²) in [5.74, 6) is 1.20. The van der Waals surface area contributed by atoms with E-state index in [1.54, 1.807) is 0 Å². The normalized spacial score (nSPS) is 26.3. The van der Waals surface area contributed by atoms with Gasteiger partial charge in [0.1, 0.15) is 0 Å². The van der Waals surface area contributed by atoms with Crippen LogP contribution in [0.5, 0.6) is 0 Å². The molecule has 5 heterocycles. The minimum Gasteiger partial charge on any atom is -0.396 e. The van der Waals surface area contributed by atoms with Gasteiger partial charge in [-0.2, -0.15) is 5.10 Å². The smallest absolute Gasteiger partial charge is 0.225 e. The molecule has 162 valence electrons. The monoisotopic (exact) mass is 410 g/mol. The van der Waals surface area contributed by atoms with E-state index >= 15 is 0 Å². The summed E-state index contributed by atoms with van der Waals surface area (Å²) in [6, 6.07) is 0.976. The zero-order valence-corrected chi connectivity index (χ0v) is 18.5. The molecular weight excluding hydrogens is 376 g/mol. The second-order valence-electron chi connectivity index (χ2n) is 9.30. The van der Waals surface area contributed by atoms with Crippen molar-refractivity contribution in [1.29, 1.82) is 0 Å². The topological polar surface area (TPSA) is 70.3 Å². The van der Waals surface area contributed by atoms with Crippen molar-refractivity contribution in [3.63, 3.8) is 0 Å². The zero-order valence-electron chi connectivity index (χ0n) is 18.5. The molecule has 3 unspecified atom stereocenters. The largest absolute Gasteiger partial charge is 0.396 e. The number of fused-ring (bicyclic) bond motifs is 4. The lowest BCUT2D eigenvalue weighted by Gasteiger charge is -2.37. The molecule has 1 N–H and O–H groups in total. The molecule has 0 radical (unpaired) electrons. The van der Waals surface area contributed by atoms with Crippen molar-refractivity contribution in [2.45, 2.75) is 78.0 Å². The minimum absolute atomic E-state index is 0.258. The number of piperidine rings is 1. The van der Waals surface area contributed by atoms with Gasteiger partial charge in [0.15, 0.2) is 0 Å². The van der Waals surface area contributed by atoms with E-state index in [0.29, 0.717) is 18.0 Å². The van der Waals surface area contributed by atoms with Gasteiger partial charge in [0, 0.05) is 74.3 Å². The fourth-order valence-corrected chi connectivity index (χ4v) is 5.81. The van der Waals surface area contributed by atoms with Gasteiger partial charge in [-0.1, -0.05) is 0 Å². The van der Waals surface area contributed by atoms with E-state index in [4.69, 9.17) is 15.1 Å². The Bertz CT molecular complexity index is 925. The van der Waals surface area contributed by atoms with Crippen LogP contribution in [-0.2, 0) is 19.5 Å². The SMILES string of the molecule is CCn1nc(C)c(CN2C3CCC2c2cnc(N4CCCC(CO)C4)nc2C3)c1C. The quantitative estimate of drug-likeness (QED) is 0.817. The Morgan fingerprint density at radius 2 is 2.07 bits per heavy atom. The van der Waals surface area contributed by atoms with Gasteiger partial charge in [-0.15, -0.1) is 0 Å². The first-order valence-corrected chi connectivity index (χ1v) is 11.6. The third-order valence-corrected chi connectivity index (χ3v) is 7.55. The molecule has 3 aliphatic rings. The lowest BCUT2D eigenvalue weighted by molar-refractivity contribution is 0.165. The number of aryl methyl sites for hydroxylation is 2. The molecule has 2 aromatic rings. The van der Waals surface area contributed by atoms with Gasteiger partial charge in [-0.05, 0) is 52.4 Å². The maximum absolute atomic E-state index is 9.55. The van der Waals surface area contributed by atoms with Crippen molar-refractivity contribution < 1.29 is 5.11 Å². The molecule has 2 bridgehead atoms. The molecule has 0 aromatic carbocycles. The molecule has 30 heavy (non-hydrogen) atoms. The van der Waals surface area contributed by atoms with Crippen molar-refractivity contribution in [1.82, 2.24) is 24.6 Å². The standard InChI is InChI=1S/C23H34N6O/c1-4-29-16(3)20(15(2)26-29)13-28-18-7-8-22(28)19-11-24-23(25-21(19)10-18)27-9-5-6-17(12-27)14-30/h11,17-18,22,30H,4-10,12-14H2,1-3H3. The van der Waals surface area contributed by atoms with E-state index in [2.05, 4.69) is 41.4 Å². The summed E-state index contributed by atoms with van der Waals surface area (Å²) in [6.45, 7) is 10.5. The molecule has 0 aliphatic carbocycles.